The van der Waals surface area contributed by atoms with Crippen molar-refractivity contribution in [3.05, 3.63) is 39.5 Å². The van der Waals surface area contributed by atoms with Crippen LogP contribution < -0.4 is 5.32 Å². The van der Waals surface area contributed by atoms with Gasteiger partial charge in [-0.2, -0.15) is 0 Å². The highest BCUT2D eigenvalue weighted by Crippen LogP contribution is 2.23. The molecule has 3 rings (SSSR count). The Morgan fingerprint density at radius 2 is 2.00 bits per heavy atom. The number of nitrogens with one attached hydrogen (secondary N) is 2. The maximum atomic E-state index is 13.1. The number of aromatic nitrogens is 2. The van der Waals surface area contributed by atoms with Crippen molar-refractivity contribution in [2.75, 3.05) is 26.7 Å². The average molecular weight is 431 g/mol. The highest BCUT2D eigenvalue weighted by Gasteiger charge is 2.31. The van der Waals surface area contributed by atoms with Crippen LogP contribution in [0.4, 0.5) is 0 Å². The number of carbonyl (C=O) groups is 3. The number of esters is 1. The Morgan fingerprint density at radius 3 is 2.65 bits per heavy atom. The monoisotopic (exact) mass is 430 g/mol. The molecule has 0 aromatic carbocycles. The van der Waals surface area contributed by atoms with Crippen molar-refractivity contribution in [1.82, 2.24) is 20.4 Å². The van der Waals surface area contributed by atoms with Crippen molar-refractivity contribution in [3.63, 3.8) is 0 Å². The number of hydrogen-bond donors (Lipinski definition) is 2. The predicted octanol–water partition coefficient (Wildman–Crippen LogP) is 2.23. The molecular weight excluding hydrogens is 400 g/mol. The van der Waals surface area contributed by atoms with Crippen LogP contribution in [0.5, 0.6) is 0 Å². The molecule has 2 aromatic rings. The highest BCUT2D eigenvalue weighted by atomic mass is 16.5. The molecule has 3 heterocycles. The van der Waals surface area contributed by atoms with Gasteiger partial charge >= 0.3 is 5.97 Å². The van der Waals surface area contributed by atoms with Gasteiger partial charge in [0.2, 0.25) is 5.91 Å². The summed E-state index contributed by atoms with van der Waals surface area (Å²) in [6.07, 6.45) is 2.13. The van der Waals surface area contributed by atoms with Gasteiger partial charge in [0.05, 0.1) is 24.3 Å². The lowest BCUT2D eigenvalue weighted by Crippen LogP contribution is -2.46. The van der Waals surface area contributed by atoms with Crippen LogP contribution in [0.3, 0.4) is 0 Å². The van der Waals surface area contributed by atoms with Crippen molar-refractivity contribution in [1.29, 1.82) is 0 Å². The van der Waals surface area contributed by atoms with E-state index in [1.54, 1.807) is 18.7 Å². The Morgan fingerprint density at radius 1 is 1.26 bits per heavy atom. The van der Waals surface area contributed by atoms with E-state index in [2.05, 4.69) is 15.5 Å². The van der Waals surface area contributed by atoms with Gasteiger partial charge in [0, 0.05) is 30.9 Å². The first-order valence-corrected chi connectivity index (χ1v) is 10.5. The van der Waals surface area contributed by atoms with E-state index in [-0.39, 0.29) is 17.7 Å². The lowest BCUT2D eigenvalue weighted by Gasteiger charge is -2.32. The minimum Gasteiger partial charge on any atom is -0.465 e. The number of methoxy groups -OCH3 is 1. The van der Waals surface area contributed by atoms with Gasteiger partial charge in [0.1, 0.15) is 11.5 Å². The van der Waals surface area contributed by atoms with E-state index in [0.29, 0.717) is 48.6 Å². The predicted molar refractivity (Wildman–Crippen MR) is 113 cm³/mol. The van der Waals surface area contributed by atoms with E-state index < -0.39 is 5.97 Å². The number of hydrogen-bond acceptors (Lipinski definition) is 6. The second-order valence-electron chi connectivity index (χ2n) is 8.05. The molecule has 1 fully saturated rings. The van der Waals surface area contributed by atoms with E-state index in [9.17, 15) is 14.4 Å². The topological polar surface area (TPSA) is 118 Å². The van der Waals surface area contributed by atoms with E-state index in [0.717, 1.165) is 29.9 Å². The van der Waals surface area contributed by atoms with Crippen LogP contribution in [0.15, 0.2) is 4.52 Å². The molecule has 1 aliphatic rings. The number of piperidine rings is 1. The van der Waals surface area contributed by atoms with Gasteiger partial charge in [-0.05, 0) is 52.5 Å². The number of H-pyrrole nitrogens is 1. The molecule has 1 aliphatic heterocycles. The van der Waals surface area contributed by atoms with Gasteiger partial charge in [-0.15, -0.1) is 0 Å². The van der Waals surface area contributed by atoms with Crippen molar-refractivity contribution in [3.8, 4) is 0 Å². The van der Waals surface area contributed by atoms with Gasteiger partial charge in [0.25, 0.3) is 5.91 Å². The Kier molecular flexibility index (Phi) is 6.82. The number of amides is 2. The van der Waals surface area contributed by atoms with Gasteiger partial charge in [-0.1, -0.05) is 5.16 Å². The fraction of sp³-hybridized carbons (Fsp3) is 0.545. The summed E-state index contributed by atoms with van der Waals surface area (Å²) in [5.41, 5.74) is 3.77. The van der Waals surface area contributed by atoms with Crippen LogP contribution in [-0.4, -0.2) is 59.6 Å². The molecule has 0 bridgehead atoms. The molecule has 2 N–H and O–H groups in total. The fourth-order valence-electron chi connectivity index (χ4n) is 4.22. The minimum atomic E-state index is -0.473. The van der Waals surface area contributed by atoms with Crippen LogP contribution in [0, 0.1) is 33.6 Å². The smallest absolute Gasteiger partial charge is 0.339 e. The van der Waals surface area contributed by atoms with Gasteiger partial charge in [0.15, 0.2) is 0 Å². The second kappa shape index (κ2) is 9.36. The molecule has 1 atom stereocenters. The fourth-order valence-corrected chi connectivity index (χ4v) is 4.22. The van der Waals surface area contributed by atoms with Crippen LogP contribution in [0.25, 0.3) is 0 Å². The zero-order chi connectivity index (χ0) is 22.7. The Hall–Kier alpha value is -3.10. The van der Waals surface area contributed by atoms with Crippen LogP contribution in [0.1, 0.15) is 62.0 Å². The zero-order valence-electron chi connectivity index (χ0n) is 18.8. The normalized spacial score (nSPS) is 16.3. The number of aryl methyl sites for hydroxylation is 3. The van der Waals surface area contributed by atoms with Crippen LogP contribution in [0.2, 0.25) is 0 Å². The molecule has 168 valence electrons. The maximum Gasteiger partial charge on any atom is 0.339 e. The Labute approximate surface area is 181 Å². The van der Waals surface area contributed by atoms with Crippen LogP contribution >= 0.6 is 0 Å². The lowest BCUT2D eigenvalue weighted by molar-refractivity contribution is -0.126. The number of carbonyl (C=O) groups excluding carboxylic acids is 3. The van der Waals surface area contributed by atoms with Gasteiger partial charge in [-0.25, -0.2) is 4.79 Å². The van der Waals surface area contributed by atoms with Crippen molar-refractivity contribution in [2.45, 2.75) is 47.0 Å². The summed E-state index contributed by atoms with van der Waals surface area (Å²) >= 11 is 0. The number of ether oxygens (including phenoxy) is 1. The molecule has 0 saturated carbocycles. The third-order valence-electron chi connectivity index (χ3n) is 5.98. The highest BCUT2D eigenvalue weighted by molar-refractivity contribution is 6.00. The summed E-state index contributed by atoms with van der Waals surface area (Å²) in [6.45, 7) is 8.62. The number of rotatable bonds is 6. The largest absolute Gasteiger partial charge is 0.465 e. The summed E-state index contributed by atoms with van der Waals surface area (Å²) < 4.78 is 9.97. The third-order valence-corrected chi connectivity index (χ3v) is 5.98. The molecule has 31 heavy (non-hydrogen) atoms. The number of nitrogens with zero attached hydrogens (tertiary/aromatic N) is 2. The molecule has 1 saturated heterocycles. The molecular formula is C22H30N4O5. The minimum absolute atomic E-state index is 0.0566. The first kappa shape index (κ1) is 22.6. The summed E-state index contributed by atoms with van der Waals surface area (Å²) in [4.78, 5) is 42.5. The van der Waals surface area contributed by atoms with Crippen molar-refractivity contribution < 1.29 is 23.6 Å². The quantitative estimate of drug-likeness (QED) is 0.679. The van der Waals surface area contributed by atoms with Crippen molar-refractivity contribution >= 4 is 17.8 Å². The first-order valence-electron chi connectivity index (χ1n) is 10.5. The van der Waals surface area contributed by atoms with E-state index in [1.165, 1.54) is 7.11 Å². The zero-order valence-corrected chi connectivity index (χ0v) is 18.8. The Bertz CT molecular complexity index is 971. The molecule has 0 radical (unpaired) electrons. The van der Waals surface area contributed by atoms with Gasteiger partial charge < -0.3 is 24.5 Å². The third kappa shape index (κ3) is 4.65. The molecule has 0 spiro atoms. The van der Waals surface area contributed by atoms with E-state index in [1.807, 2.05) is 13.8 Å². The SMILES string of the molecule is COC(=O)c1c(C)[nH]c(C(=O)N2CCC[C@H](C(=O)NCCc3c(C)noc3C)C2)c1C. The summed E-state index contributed by atoms with van der Waals surface area (Å²) in [7, 11) is 1.31. The van der Waals surface area contributed by atoms with E-state index >= 15 is 0 Å². The first-order chi connectivity index (χ1) is 14.7. The van der Waals surface area contributed by atoms with Crippen molar-refractivity contribution in [2.24, 2.45) is 5.92 Å². The number of aromatic amines is 1. The molecule has 9 nitrogen and oxygen atoms in total. The van der Waals surface area contributed by atoms with Gasteiger partial charge in [-0.3, -0.25) is 9.59 Å². The molecule has 0 unspecified atom stereocenters. The molecule has 9 heteroatoms. The Balaban J connectivity index is 1.61. The lowest BCUT2D eigenvalue weighted by atomic mass is 9.96. The molecule has 0 aliphatic carbocycles. The summed E-state index contributed by atoms with van der Waals surface area (Å²) in [5, 5.41) is 6.91. The molecule has 2 amide bonds. The summed E-state index contributed by atoms with van der Waals surface area (Å²) in [5.74, 6) is -0.231. The maximum absolute atomic E-state index is 13.1. The van der Waals surface area contributed by atoms with E-state index in [4.69, 9.17) is 9.26 Å². The summed E-state index contributed by atoms with van der Waals surface area (Å²) in [6, 6.07) is 0. The second-order valence-corrected chi connectivity index (χ2v) is 8.05. The van der Waals surface area contributed by atoms with Crippen LogP contribution in [-0.2, 0) is 16.0 Å². The number of likely N-dealkylation sites (tertiary alicyclic amines) is 1. The molecule has 2 aromatic heterocycles. The average Bonchev–Trinajstić information content (AvgIpc) is 3.24. The standard InChI is InChI=1S/C22H30N4O5/c1-12-18(22(29)30-5)14(3)24-19(12)21(28)26-10-6-7-16(11-26)20(27)23-9-8-17-13(2)25-31-15(17)4/h16,24H,6-11H2,1-5H3,(H,23,27)/t16-/m0/s1.